The number of fused-ring (bicyclic) bond motifs is 4. The van der Waals surface area contributed by atoms with Gasteiger partial charge in [0.25, 0.3) is 0 Å². The fourth-order valence-corrected chi connectivity index (χ4v) is 8.76. The number of phenols is 1. The van der Waals surface area contributed by atoms with Crippen LogP contribution in [0, 0.1) is 6.07 Å². The zero-order valence-electron chi connectivity index (χ0n) is 35.7. The summed E-state index contributed by atoms with van der Waals surface area (Å²) >= 11 is 0. The van der Waals surface area contributed by atoms with E-state index in [1.54, 1.807) is 0 Å². The van der Waals surface area contributed by atoms with Gasteiger partial charge in [-0.1, -0.05) is 161 Å². The maximum absolute atomic E-state index is 12.2. The second-order valence-corrected chi connectivity index (χ2v) is 18.0. The Morgan fingerprint density at radius 3 is 1.82 bits per heavy atom. The molecule has 62 heavy (non-hydrogen) atoms. The minimum absolute atomic E-state index is 0. The first-order valence-electron chi connectivity index (χ1n) is 21.0. The van der Waals surface area contributed by atoms with Crippen molar-refractivity contribution in [3.63, 3.8) is 0 Å². The molecule has 0 aliphatic rings. The van der Waals surface area contributed by atoms with Crippen molar-refractivity contribution < 1.29 is 26.2 Å². The fraction of sp³-hybridized carbons (Fsp3) is 0.143. The molecule has 0 unspecified atom stereocenters. The molecule has 308 valence electrons. The van der Waals surface area contributed by atoms with E-state index in [-0.39, 0.29) is 37.6 Å². The second kappa shape index (κ2) is 15.7. The van der Waals surface area contributed by atoms with Crippen LogP contribution in [0.4, 0.5) is 0 Å². The van der Waals surface area contributed by atoms with Gasteiger partial charge >= 0.3 is 0 Å². The summed E-state index contributed by atoms with van der Waals surface area (Å²) in [6, 6.07) is 61.0. The van der Waals surface area contributed by atoms with E-state index in [9.17, 15) is 5.11 Å². The Bertz CT molecular complexity index is 3260. The molecule has 1 N–H and O–H groups in total. The standard InChI is InChI=1S/C56H47N4O.Pt/c1-55(2,3)40-34-45(53(61)46(35-40)56(4,5)6)54-58-52-43(26-18-28-49(52)60(54)42-23-14-9-15-24-42)38-31-37(36-19-10-7-11-20-36)32-39(33-38)51-50-44-25-16-17-27-47(44)59(48(50)29-30-57-51)41-21-12-8-13-22-41;/h7-32,34-35,61H,1-6H3;/q-1;. The molecule has 0 aliphatic heterocycles. The van der Waals surface area contributed by atoms with Gasteiger partial charge in [0.15, 0.2) is 0 Å². The number of nitrogens with zero attached hydrogens (tertiary/aromatic N) is 4. The van der Waals surface area contributed by atoms with Crippen LogP contribution in [0.15, 0.2) is 170 Å². The first-order valence-corrected chi connectivity index (χ1v) is 21.0. The summed E-state index contributed by atoms with van der Waals surface area (Å²) in [4.78, 5) is 10.7. The fourth-order valence-electron chi connectivity index (χ4n) is 8.76. The van der Waals surface area contributed by atoms with Crippen molar-refractivity contribution in [1.29, 1.82) is 0 Å². The summed E-state index contributed by atoms with van der Waals surface area (Å²) in [6.45, 7) is 13.1. The Morgan fingerprint density at radius 1 is 0.532 bits per heavy atom. The molecule has 10 rings (SSSR count). The number of para-hydroxylation sites is 4. The smallest absolute Gasteiger partial charge is 0.148 e. The third kappa shape index (κ3) is 7.05. The van der Waals surface area contributed by atoms with E-state index in [0.29, 0.717) is 11.4 Å². The number of phenolic OH excluding ortho intramolecular Hbond substituents is 1. The molecule has 5 nitrogen and oxygen atoms in total. The molecule has 0 spiro atoms. The molecule has 10 aromatic rings. The van der Waals surface area contributed by atoms with Crippen LogP contribution in [0.5, 0.6) is 5.75 Å². The Hall–Kier alpha value is -6.55. The Labute approximate surface area is 377 Å². The van der Waals surface area contributed by atoms with Gasteiger partial charge in [-0.2, -0.15) is 0 Å². The van der Waals surface area contributed by atoms with Crippen molar-refractivity contribution in [1.82, 2.24) is 19.1 Å². The molecule has 0 amide bonds. The van der Waals surface area contributed by atoms with Crippen molar-refractivity contribution >= 4 is 32.8 Å². The maximum Gasteiger partial charge on any atom is 0.148 e. The van der Waals surface area contributed by atoms with Gasteiger partial charge in [-0.15, -0.1) is 23.8 Å². The second-order valence-electron chi connectivity index (χ2n) is 18.0. The predicted octanol–water partition coefficient (Wildman–Crippen LogP) is 14.3. The number of imidazole rings is 1. The normalized spacial score (nSPS) is 12.0. The Kier molecular flexibility index (Phi) is 10.4. The average Bonchev–Trinajstić information content (AvgIpc) is 3.83. The van der Waals surface area contributed by atoms with Crippen LogP contribution < -0.4 is 0 Å². The SMILES string of the molecule is CC(C)(C)c1cc(-c2nc3c(-c4[c-]c(-c5nccc6c5c5ccccc5n6-c5ccccc5)cc(-c5ccccc5)c4)cccc3n2-c2ccccc2)c(O)c(C(C)(C)C)c1.[Pt]. The molecule has 0 bridgehead atoms. The zero-order valence-corrected chi connectivity index (χ0v) is 38.0. The first kappa shape index (κ1) is 40.8. The van der Waals surface area contributed by atoms with Gasteiger partial charge < -0.3 is 9.67 Å². The van der Waals surface area contributed by atoms with Crippen molar-refractivity contribution in [2.45, 2.75) is 52.4 Å². The zero-order chi connectivity index (χ0) is 42.0. The molecular weight excluding hydrogens is 940 g/mol. The number of aromatic nitrogens is 4. The summed E-state index contributed by atoms with van der Waals surface area (Å²) in [5.74, 6) is 0.936. The van der Waals surface area contributed by atoms with E-state index >= 15 is 0 Å². The molecule has 3 heterocycles. The van der Waals surface area contributed by atoms with E-state index in [2.05, 4.69) is 202 Å². The van der Waals surface area contributed by atoms with E-state index < -0.39 is 0 Å². The quantitative estimate of drug-likeness (QED) is 0.169. The van der Waals surface area contributed by atoms with Crippen LogP contribution >= 0.6 is 0 Å². The van der Waals surface area contributed by atoms with Crippen molar-refractivity contribution in [2.24, 2.45) is 0 Å². The number of aromatic hydroxyl groups is 1. The minimum Gasteiger partial charge on any atom is -0.507 e. The van der Waals surface area contributed by atoms with Crippen molar-refractivity contribution in [3.05, 3.63) is 187 Å². The average molecular weight is 987 g/mol. The monoisotopic (exact) mass is 986 g/mol. The number of benzene rings is 7. The summed E-state index contributed by atoms with van der Waals surface area (Å²) < 4.78 is 4.51. The van der Waals surface area contributed by atoms with Gasteiger partial charge in [-0.3, -0.25) is 9.55 Å². The van der Waals surface area contributed by atoms with Gasteiger partial charge in [0, 0.05) is 60.7 Å². The topological polar surface area (TPSA) is 55.9 Å². The molecule has 0 atom stereocenters. The third-order valence-electron chi connectivity index (χ3n) is 11.8. The Balaban J connectivity index is 0.00000490. The minimum atomic E-state index is -0.303. The van der Waals surface area contributed by atoms with E-state index in [4.69, 9.17) is 9.97 Å². The van der Waals surface area contributed by atoms with Crippen LogP contribution in [-0.4, -0.2) is 24.2 Å². The molecular formula is C56H47N4OPt-. The van der Waals surface area contributed by atoms with E-state index in [0.717, 1.165) is 88.9 Å². The van der Waals surface area contributed by atoms with E-state index in [1.165, 1.54) is 0 Å². The molecule has 0 fully saturated rings. The van der Waals surface area contributed by atoms with Crippen LogP contribution in [0.3, 0.4) is 0 Å². The molecule has 0 saturated carbocycles. The molecule has 7 aromatic carbocycles. The molecule has 0 aliphatic carbocycles. The summed E-state index contributed by atoms with van der Waals surface area (Å²) in [7, 11) is 0. The molecule has 0 radical (unpaired) electrons. The van der Waals surface area contributed by atoms with Crippen molar-refractivity contribution in [2.75, 3.05) is 0 Å². The van der Waals surface area contributed by atoms with Crippen molar-refractivity contribution in [3.8, 4) is 62.0 Å². The third-order valence-corrected chi connectivity index (χ3v) is 11.8. The van der Waals surface area contributed by atoms with Crippen LogP contribution in [0.2, 0.25) is 0 Å². The number of rotatable bonds is 6. The first-order chi connectivity index (χ1) is 29.5. The van der Waals surface area contributed by atoms with Gasteiger partial charge in [-0.25, -0.2) is 4.98 Å². The number of pyridine rings is 1. The Morgan fingerprint density at radius 2 is 1.15 bits per heavy atom. The van der Waals surface area contributed by atoms with Crippen LogP contribution in [0.1, 0.15) is 52.7 Å². The van der Waals surface area contributed by atoms with Gasteiger partial charge in [0.2, 0.25) is 0 Å². The van der Waals surface area contributed by atoms with Gasteiger partial charge in [-0.05, 0) is 70.5 Å². The number of hydrogen-bond acceptors (Lipinski definition) is 3. The molecule has 6 heteroatoms. The summed E-state index contributed by atoms with van der Waals surface area (Å²) in [5, 5.41) is 14.4. The van der Waals surface area contributed by atoms with Crippen LogP contribution in [-0.2, 0) is 31.9 Å². The van der Waals surface area contributed by atoms with Gasteiger partial charge in [0.05, 0.1) is 27.6 Å². The molecule has 3 aromatic heterocycles. The summed E-state index contributed by atoms with van der Waals surface area (Å²) in [6.07, 6.45) is 1.91. The maximum atomic E-state index is 12.2. The molecule has 0 saturated heterocycles. The number of hydrogen-bond donors (Lipinski definition) is 1. The summed E-state index contributed by atoms with van der Waals surface area (Å²) in [5.41, 5.74) is 14.0. The largest absolute Gasteiger partial charge is 0.507 e. The van der Waals surface area contributed by atoms with E-state index in [1.807, 2.05) is 24.4 Å². The van der Waals surface area contributed by atoms with Gasteiger partial charge in [0.1, 0.15) is 11.6 Å². The van der Waals surface area contributed by atoms with Crippen LogP contribution in [0.25, 0.3) is 89.1 Å². The predicted molar refractivity (Wildman–Crippen MR) is 253 cm³/mol.